The molecule has 1 saturated carbocycles. The molecule has 1 heterocycles. The molecular formula is C10H12ClF2NO2S2. The monoisotopic (exact) mass is 315 g/mol. The van der Waals surface area contributed by atoms with E-state index < -0.39 is 28.4 Å². The van der Waals surface area contributed by atoms with Crippen molar-refractivity contribution in [2.75, 3.05) is 0 Å². The maximum atomic E-state index is 13.2. The maximum Gasteiger partial charge on any atom is 0.250 e. The summed E-state index contributed by atoms with van der Waals surface area (Å²) in [6, 6.07) is 2.13. The van der Waals surface area contributed by atoms with Crippen molar-refractivity contribution in [1.29, 1.82) is 0 Å². The van der Waals surface area contributed by atoms with E-state index in [1.165, 1.54) is 12.1 Å². The molecule has 0 radical (unpaired) electrons. The minimum Gasteiger partial charge on any atom is -0.207 e. The van der Waals surface area contributed by atoms with Crippen molar-refractivity contribution >= 4 is 33.0 Å². The van der Waals surface area contributed by atoms with Crippen molar-refractivity contribution in [2.45, 2.75) is 41.9 Å². The van der Waals surface area contributed by atoms with Gasteiger partial charge >= 0.3 is 0 Å². The summed E-state index contributed by atoms with van der Waals surface area (Å²) >= 11 is 6.57. The second-order valence-electron chi connectivity index (χ2n) is 4.33. The summed E-state index contributed by atoms with van der Waals surface area (Å²) in [5.74, 6) is -2.78. The highest BCUT2D eigenvalue weighted by Crippen LogP contribution is 2.34. The number of hydrogen-bond donors (Lipinski definition) is 1. The lowest BCUT2D eigenvalue weighted by Crippen LogP contribution is -2.41. The van der Waals surface area contributed by atoms with Gasteiger partial charge in [-0.3, -0.25) is 0 Å². The molecule has 1 aromatic heterocycles. The molecule has 102 valence electrons. The molecule has 0 amide bonds. The van der Waals surface area contributed by atoms with Crippen molar-refractivity contribution in [3.05, 3.63) is 16.5 Å². The number of halogens is 3. The summed E-state index contributed by atoms with van der Waals surface area (Å²) in [6.45, 7) is 0. The molecule has 0 aliphatic heterocycles. The molecule has 1 aliphatic rings. The predicted molar refractivity (Wildman–Crippen MR) is 66.9 cm³/mol. The zero-order valence-corrected chi connectivity index (χ0v) is 11.7. The fraction of sp³-hybridized carbons (Fsp3) is 0.600. The van der Waals surface area contributed by atoms with E-state index in [1.54, 1.807) is 0 Å². The number of sulfonamides is 1. The number of nitrogens with one attached hydrogen (secondary N) is 1. The number of thiophene rings is 1. The van der Waals surface area contributed by atoms with E-state index in [-0.39, 0.29) is 10.6 Å². The number of rotatable bonds is 3. The lowest BCUT2D eigenvalue weighted by atomic mass is 9.93. The van der Waals surface area contributed by atoms with E-state index in [0.29, 0.717) is 17.2 Å². The molecule has 0 saturated heterocycles. The van der Waals surface area contributed by atoms with E-state index in [2.05, 4.69) is 4.72 Å². The first-order valence-corrected chi connectivity index (χ1v) is 8.12. The fourth-order valence-corrected chi connectivity index (χ4v) is 4.76. The average molecular weight is 316 g/mol. The van der Waals surface area contributed by atoms with Gasteiger partial charge in [0.1, 0.15) is 4.21 Å². The van der Waals surface area contributed by atoms with Gasteiger partial charge in [-0.05, 0) is 25.0 Å². The second-order valence-corrected chi connectivity index (χ2v) is 7.98. The Morgan fingerprint density at radius 3 is 2.72 bits per heavy atom. The van der Waals surface area contributed by atoms with Gasteiger partial charge in [-0.1, -0.05) is 11.6 Å². The van der Waals surface area contributed by atoms with Crippen LogP contribution in [0.1, 0.15) is 25.7 Å². The Kier molecular flexibility index (Phi) is 3.96. The first kappa shape index (κ1) is 14.2. The summed E-state index contributed by atoms with van der Waals surface area (Å²) in [5.41, 5.74) is 0. The van der Waals surface area contributed by atoms with Gasteiger partial charge in [-0.15, -0.1) is 11.3 Å². The quantitative estimate of drug-likeness (QED) is 0.930. The number of alkyl halides is 2. The Labute approximate surface area is 113 Å². The fourth-order valence-electron chi connectivity index (χ4n) is 1.99. The van der Waals surface area contributed by atoms with Crippen LogP contribution in [0.2, 0.25) is 4.34 Å². The molecule has 1 unspecified atom stereocenters. The lowest BCUT2D eigenvalue weighted by molar-refractivity contribution is -0.0414. The van der Waals surface area contributed by atoms with Crippen molar-refractivity contribution in [3.63, 3.8) is 0 Å². The molecule has 0 spiro atoms. The third-order valence-corrected chi connectivity index (χ3v) is 6.02. The minimum atomic E-state index is -3.74. The second kappa shape index (κ2) is 5.03. The summed E-state index contributed by atoms with van der Waals surface area (Å²) in [6.07, 6.45) is 0.153. The molecule has 3 nitrogen and oxygen atoms in total. The van der Waals surface area contributed by atoms with Gasteiger partial charge in [-0.2, -0.15) is 0 Å². The van der Waals surface area contributed by atoms with Crippen LogP contribution < -0.4 is 4.72 Å². The van der Waals surface area contributed by atoms with Crippen LogP contribution in [0.25, 0.3) is 0 Å². The predicted octanol–water partition coefficient (Wildman–Crippen LogP) is 3.26. The molecule has 18 heavy (non-hydrogen) atoms. The van der Waals surface area contributed by atoms with E-state index in [4.69, 9.17) is 11.6 Å². The molecule has 2 rings (SSSR count). The van der Waals surface area contributed by atoms with Crippen LogP contribution in [0.5, 0.6) is 0 Å². The highest BCUT2D eigenvalue weighted by molar-refractivity contribution is 7.91. The lowest BCUT2D eigenvalue weighted by Gasteiger charge is -2.28. The molecule has 0 aromatic carbocycles. The standard InChI is InChI=1S/C10H12ClF2NO2S2/c11-8-3-4-9(17-8)18(15,16)14-7-2-1-5-10(12,13)6-7/h3-4,7,14H,1-2,5-6H2. The highest BCUT2D eigenvalue weighted by Gasteiger charge is 2.38. The molecule has 1 aliphatic carbocycles. The first-order valence-electron chi connectivity index (χ1n) is 5.44. The van der Waals surface area contributed by atoms with Gasteiger partial charge in [0.25, 0.3) is 0 Å². The Morgan fingerprint density at radius 2 is 2.17 bits per heavy atom. The molecule has 1 N–H and O–H groups in total. The van der Waals surface area contributed by atoms with Crippen LogP contribution in [0.3, 0.4) is 0 Å². The van der Waals surface area contributed by atoms with Crippen molar-refractivity contribution in [3.8, 4) is 0 Å². The van der Waals surface area contributed by atoms with Gasteiger partial charge in [0, 0.05) is 18.9 Å². The van der Waals surface area contributed by atoms with Crippen molar-refractivity contribution < 1.29 is 17.2 Å². The topological polar surface area (TPSA) is 46.2 Å². The van der Waals surface area contributed by atoms with Crippen LogP contribution >= 0.6 is 22.9 Å². The SMILES string of the molecule is O=S(=O)(NC1CCCC(F)(F)C1)c1ccc(Cl)s1. The maximum absolute atomic E-state index is 13.2. The van der Waals surface area contributed by atoms with Crippen LogP contribution in [0, 0.1) is 0 Å². The molecule has 1 atom stereocenters. The summed E-state index contributed by atoms with van der Waals surface area (Å²) in [4.78, 5) is 0. The van der Waals surface area contributed by atoms with Crippen LogP contribution in [0.15, 0.2) is 16.3 Å². The Bertz CT molecular complexity index is 530. The van der Waals surface area contributed by atoms with Crippen LogP contribution in [-0.2, 0) is 10.0 Å². The van der Waals surface area contributed by atoms with E-state index in [1.807, 2.05) is 0 Å². The Morgan fingerprint density at radius 1 is 1.44 bits per heavy atom. The normalized spacial score (nSPS) is 24.1. The summed E-state index contributed by atoms with van der Waals surface area (Å²) in [7, 11) is -3.74. The zero-order chi connectivity index (χ0) is 13.4. The Balaban J connectivity index is 2.09. The molecule has 1 fully saturated rings. The highest BCUT2D eigenvalue weighted by atomic mass is 35.5. The zero-order valence-electron chi connectivity index (χ0n) is 9.33. The van der Waals surface area contributed by atoms with Gasteiger partial charge in [0.05, 0.1) is 4.34 Å². The van der Waals surface area contributed by atoms with Gasteiger partial charge in [0.2, 0.25) is 15.9 Å². The van der Waals surface area contributed by atoms with E-state index in [0.717, 1.165) is 11.3 Å². The van der Waals surface area contributed by atoms with Gasteiger partial charge in [-0.25, -0.2) is 21.9 Å². The number of hydrogen-bond acceptors (Lipinski definition) is 3. The van der Waals surface area contributed by atoms with Crippen LogP contribution in [0.4, 0.5) is 8.78 Å². The van der Waals surface area contributed by atoms with E-state index >= 15 is 0 Å². The van der Waals surface area contributed by atoms with Gasteiger partial charge < -0.3 is 0 Å². The Hall–Kier alpha value is -0.240. The van der Waals surface area contributed by atoms with Crippen LogP contribution in [-0.4, -0.2) is 20.4 Å². The largest absolute Gasteiger partial charge is 0.250 e. The third kappa shape index (κ3) is 3.40. The molecule has 0 bridgehead atoms. The van der Waals surface area contributed by atoms with E-state index in [9.17, 15) is 17.2 Å². The van der Waals surface area contributed by atoms with Crippen molar-refractivity contribution in [2.24, 2.45) is 0 Å². The first-order chi connectivity index (χ1) is 8.28. The molecular weight excluding hydrogens is 304 g/mol. The summed E-state index contributed by atoms with van der Waals surface area (Å²) < 4.78 is 52.9. The minimum absolute atomic E-state index is 0.0568. The van der Waals surface area contributed by atoms with Crippen molar-refractivity contribution in [1.82, 2.24) is 4.72 Å². The smallest absolute Gasteiger partial charge is 0.207 e. The molecule has 8 heteroatoms. The summed E-state index contributed by atoms with van der Waals surface area (Å²) in [5, 5.41) is 0. The molecule has 1 aromatic rings. The average Bonchev–Trinajstić information content (AvgIpc) is 2.63. The van der Waals surface area contributed by atoms with Gasteiger partial charge in [0.15, 0.2) is 0 Å². The third-order valence-electron chi connectivity index (χ3n) is 2.78.